The van der Waals surface area contributed by atoms with Gasteiger partial charge in [-0.25, -0.2) is 4.98 Å². The second kappa shape index (κ2) is 5.87. The van der Waals surface area contributed by atoms with Crippen molar-refractivity contribution in [3.63, 3.8) is 0 Å². The number of benzene rings is 1. The van der Waals surface area contributed by atoms with Crippen molar-refractivity contribution in [3.8, 4) is 0 Å². The van der Waals surface area contributed by atoms with E-state index in [0.29, 0.717) is 6.04 Å². The molecule has 1 N–H and O–H groups in total. The SMILES string of the molecule is CNC1CCN(c2nc3ccccc3s2)CC1.Cl. The number of fused-ring (bicyclic) bond motifs is 1. The van der Waals surface area contributed by atoms with Crippen LogP contribution in [0.3, 0.4) is 0 Å². The second-order valence-corrected chi connectivity index (χ2v) is 5.52. The lowest BCUT2D eigenvalue weighted by Gasteiger charge is -2.31. The van der Waals surface area contributed by atoms with Crippen molar-refractivity contribution in [2.45, 2.75) is 18.9 Å². The van der Waals surface area contributed by atoms with Crippen LogP contribution in [0.1, 0.15) is 12.8 Å². The molecule has 98 valence electrons. The van der Waals surface area contributed by atoms with Crippen LogP contribution in [0.15, 0.2) is 24.3 Å². The summed E-state index contributed by atoms with van der Waals surface area (Å²) >= 11 is 1.81. The Kier molecular flexibility index (Phi) is 4.43. The van der Waals surface area contributed by atoms with Crippen molar-refractivity contribution < 1.29 is 0 Å². The van der Waals surface area contributed by atoms with Gasteiger partial charge < -0.3 is 10.2 Å². The highest BCUT2D eigenvalue weighted by atomic mass is 35.5. The molecule has 1 aliphatic rings. The van der Waals surface area contributed by atoms with E-state index in [2.05, 4.69) is 41.5 Å². The molecule has 3 rings (SSSR count). The molecule has 0 amide bonds. The molecule has 0 radical (unpaired) electrons. The molecule has 3 nitrogen and oxygen atoms in total. The molecule has 1 fully saturated rings. The van der Waals surface area contributed by atoms with Gasteiger partial charge in [-0.05, 0) is 32.0 Å². The third kappa shape index (κ3) is 2.60. The minimum Gasteiger partial charge on any atom is -0.348 e. The highest BCUT2D eigenvalue weighted by molar-refractivity contribution is 7.22. The maximum absolute atomic E-state index is 4.71. The molecule has 18 heavy (non-hydrogen) atoms. The lowest BCUT2D eigenvalue weighted by atomic mass is 10.1. The molecule has 0 aliphatic carbocycles. The Morgan fingerprint density at radius 3 is 2.67 bits per heavy atom. The van der Waals surface area contributed by atoms with Crippen LogP contribution in [-0.2, 0) is 0 Å². The van der Waals surface area contributed by atoms with E-state index in [1.807, 2.05) is 11.3 Å². The number of hydrogen-bond acceptors (Lipinski definition) is 4. The van der Waals surface area contributed by atoms with Gasteiger partial charge in [-0.15, -0.1) is 12.4 Å². The Bertz CT molecular complexity index is 473. The first-order valence-electron chi connectivity index (χ1n) is 6.14. The molecular weight excluding hydrogens is 266 g/mol. The van der Waals surface area contributed by atoms with E-state index in [4.69, 9.17) is 4.98 Å². The van der Waals surface area contributed by atoms with Crippen molar-refractivity contribution in [3.05, 3.63) is 24.3 Å². The fourth-order valence-corrected chi connectivity index (χ4v) is 3.37. The van der Waals surface area contributed by atoms with Gasteiger partial charge in [-0.2, -0.15) is 0 Å². The standard InChI is InChI=1S/C13H17N3S.ClH/c1-14-10-6-8-16(9-7-10)13-15-11-4-2-3-5-12(11)17-13;/h2-5,10,14H,6-9H2,1H3;1H. The number of aromatic nitrogens is 1. The monoisotopic (exact) mass is 283 g/mol. The number of hydrogen-bond donors (Lipinski definition) is 1. The number of nitrogens with zero attached hydrogens (tertiary/aromatic N) is 2. The first-order valence-corrected chi connectivity index (χ1v) is 6.96. The predicted molar refractivity (Wildman–Crippen MR) is 81.2 cm³/mol. The minimum absolute atomic E-state index is 0. The first kappa shape index (κ1) is 13.6. The summed E-state index contributed by atoms with van der Waals surface area (Å²) < 4.78 is 1.29. The summed E-state index contributed by atoms with van der Waals surface area (Å²) in [6.45, 7) is 2.23. The van der Waals surface area contributed by atoms with Gasteiger partial charge in [0, 0.05) is 19.1 Å². The Labute approximate surface area is 118 Å². The fourth-order valence-electron chi connectivity index (χ4n) is 2.35. The van der Waals surface area contributed by atoms with Gasteiger partial charge >= 0.3 is 0 Å². The zero-order valence-electron chi connectivity index (χ0n) is 10.4. The van der Waals surface area contributed by atoms with Gasteiger partial charge in [0.25, 0.3) is 0 Å². The number of halogens is 1. The van der Waals surface area contributed by atoms with E-state index in [0.717, 1.165) is 18.6 Å². The molecule has 0 unspecified atom stereocenters. The maximum Gasteiger partial charge on any atom is 0.186 e. The van der Waals surface area contributed by atoms with Crippen LogP contribution in [0.2, 0.25) is 0 Å². The van der Waals surface area contributed by atoms with E-state index in [1.54, 1.807) is 0 Å². The molecular formula is C13H18ClN3S. The average molecular weight is 284 g/mol. The zero-order chi connectivity index (χ0) is 11.7. The number of para-hydroxylation sites is 1. The Morgan fingerprint density at radius 2 is 2.00 bits per heavy atom. The summed E-state index contributed by atoms with van der Waals surface area (Å²) in [4.78, 5) is 7.13. The normalized spacial score (nSPS) is 16.8. The molecule has 0 spiro atoms. The van der Waals surface area contributed by atoms with Gasteiger partial charge in [0.1, 0.15) is 0 Å². The van der Waals surface area contributed by atoms with Crippen LogP contribution < -0.4 is 10.2 Å². The highest BCUT2D eigenvalue weighted by Crippen LogP contribution is 2.30. The summed E-state index contributed by atoms with van der Waals surface area (Å²) in [6.07, 6.45) is 2.43. The number of rotatable bonds is 2. The van der Waals surface area contributed by atoms with E-state index in [9.17, 15) is 0 Å². The van der Waals surface area contributed by atoms with E-state index >= 15 is 0 Å². The summed E-state index contributed by atoms with van der Waals surface area (Å²) in [5.41, 5.74) is 1.13. The highest BCUT2D eigenvalue weighted by Gasteiger charge is 2.20. The number of anilines is 1. The third-order valence-corrected chi connectivity index (χ3v) is 4.55. The molecule has 2 aromatic rings. The van der Waals surface area contributed by atoms with Crippen LogP contribution in [0.25, 0.3) is 10.2 Å². The molecule has 1 saturated heterocycles. The van der Waals surface area contributed by atoms with Gasteiger partial charge in [-0.3, -0.25) is 0 Å². The van der Waals surface area contributed by atoms with E-state index in [1.165, 1.54) is 22.7 Å². The molecule has 0 atom stereocenters. The molecule has 0 saturated carbocycles. The Morgan fingerprint density at radius 1 is 1.28 bits per heavy atom. The largest absolute Gasteiger partial charge is 0.348 e. The van der Waals surface area contributed by atoms with Gasteiger partial charge in [-0.1, -0.05) is 23.5 Å². The summed E-state index contributed by atoms with van der Waals surface area (Å²) in [6, 6.07) is 9.06. The van der Waals surface area contributed by atoms with Gasteiger partial charge in [0.05, 0.1) is 10.2 Å². The van der Waals surface area contributed by atoms with Crippen molar-refractivity contribution >= 4 is 39.1 Å². The molecule has 1 aromatic carbocycles. The molecule has 0 bridgehead atoms. The quantitative estimate of drug-likeness (QED) is 0.919. The van der Waals surface area contributed by atoms with E-state index < -0.39 is 0 Å². The average Bonchev–Trinajstić information content (AvgIpc) is 2.82. The summed E-state index contributed by atoms with van der Waals surface area (Å²) in [5.74, 6) is 0. The number of nitrogens with one attached hydrogen (secondary N) is 1. The van der Waals surface area contributed by atoms with Crippen LogP contribution in [0.4, 0.5) is 5.13 Å². The summed E-state index contributed by atoms with van der Waals surface area (Å²) in [7, 11) is 2.05. The van der Waals surface area contributed by atoms with Crippen LogP contribution in [0, 0.1) is 0 Å². The van der Waals surface area contributed by atoms with Crippen LogP contribution in [-0.4, -0.2) is 31.2 Å². The van der Waals surface area contributed by atoms with Crippen molar-refractivity contribution in [1.82, 2.24) is 10.3 Å². The van der Waals surface area contributed by atoms with Crippen LogP contribution in [0.5, 0.6) is 0 Å². The molecule has 1 aliphatic heterocycles. The third-order valence-electron chi connectivity index (χ3n) is 3.46. The van der Waals surface area contributed by atoms with E-state index in [-0.39, 0.29) is 12.4 Å². The zero-order valence-corrected chi connectivity index (χ0v) is 12.1. The minimum atomic E-state index is 0. The predicted octanol–water partition coefficient (Wildman–Crippen LogP) is 2.91. The molecule has 1 aromatic heterocycles. The lowest BCUT2D eigenvalue weighted by molar-refractivity contribution is 0.442. The van der Waals surface area contributed by atoms with Gasteiger partial charge in [0.2, 0.25) is 0 Å². The van der Waals surface area contributed by atoms with Crippen LogP contribution >= 0.6 is 23.7 Å². The maximum atomic E-state index is 4.71. The topological polar surface area (TPSA) is 28.2 Å². The first-order chi connectivity index (χ1) is 8.36. The molecule has 2 heterocycles. The summed E-state index contributed by atoms with van der Waals surface area (Å²) in [5, 5.41) is 4.54. The van der Waals surface area contributed by atoms with Crippen molar-refractivity contribution in [1.29, 1.82) is 0 Å². The molecule has 5 heteroatoms. The smallest absolute Gasteiger partial charge is 0.186 e. The van der Waals surface area contributed by atoms with Crippen molar-refractivity contribution in [2.24, 2.45) is 0 Å². The number of thiazole rings is 1. The second-order valence-electron chi connectivity index (χ2n) is 4.51. The Hall–Kier alpha value is -0.840. The van der Waals surface area contributed by atoms with Gasteiger partial charge in [0.15, 0.2) is 5.13 Å². The van der Waals surface area contributed by atoms with Crippen molar-refractivity contribution in [2.75, 3.05) is 25.0 Å². The fraction of sp³-hybridized carbons (Fsp3) is 0.462. The lowest BCUT2D eigenvalue weighted by Crippen LogP contribution is -2.41. The number of piperidine rings is 1. The Balaban J connectivity index is 0.00000120.